The third-order valence-electron chi connectivity index (χ3n) is 7.99. The van der Waals surface area contributed by atoms with E-state index in [0.717, 1.165) is 63.9 Å². The van der Waals surface area contributed by atoms with Crippen LogP contribution >= 0.6 is 0 Å². The van der Waals surface area contributed by atoms with Crippen molar-refractivity contribution < 1.29 is 24.2 Å². The lowest BCUT2D eigenvalue weighted by atomic mass is 9.71. The molecule has 5 rings (SSSR count). The fraction of sp³-hybridized carbons (Fsp3) is 0.708. The number of amides is 1. The van der Waals surface area contributed by atoms with Gasteiger partial charge in [-0.05, 0) is 51.5 Å². The predicted molar refractivity (Wildman–Crippen MR) is 123 cm³/mol. The number of rotatable bonds is 4. The molecule has 0 radical (unpaired) electrons. The number of cyclic esters (lactones) is 1. The molecule has 0 bridgehead atoms. The molecule has 1 atom stereocenters. The van der Waals surface area contributed by atoms with Crippen molar-refractivity contribution in [2.75, 3.05) is 56.2 Å². The molecule has 0 aromatic carbocycles. The van der Waals surface area contributed by atoms with Gasteiger partial charge in [0.05, 0.1) is 38.2 Å². The van der Waals surface area contributed by atoms with Crippen LogP contribution in [0.25, 0.3) is 0 Å². The molecule has 4 heterocycles. The molecular weight excluding hydrogens is 424 g/mol. The zero-order chi connectivity index (χ0) is 23.0. The summed E-state index contributed by atoms with van der Waals surface area (Å²) in [5.41, 5.74) is 0.319. The summed E-state index contributed by atoms with van der Waals surface area (Å²) in [6.07, 6.45) is 7.49. The van der Waals surface area contributed by atoms with E-state index in [1.54, 1.807) is 18.2 Å². The number of aromatic nitrogens is 1. The average molecular weight is 459 g/mol. The number of ether oxygens (including phenoxy) is 2. The van der Waals surface area contributed by atoms with Crippen LogP contribution in [0.5, 0.6) is 5.75 Å². The molecule has 1 aromatic rings. The molecule has 1 saturated carbocycles. The lowest BCUT2D eigenvalue weighted by molar-refractivity contribution is -0.136. The van der Waals surface area contributed by atoms with Crippen LogP contribution in [-0.2, 0) is 9.53 Å². The Morgan fingerprint density at radius 1 is 1.15 bits per heavy atom. The summed E-state index contributed by atoms with van der Waals surface area (Å²) in [7, 11) is 1.61. The molecule has 1 aliphatic carbocycles. The summed E-state index contributed by atoms with van der Waals surface area (Å²) < 4.78 is 10.7. The van der Waals surface area contributed by atoms with E-state index in [0.29, 0.717) is 49.5 Å². The smallest absolute Gasteiger partial charge is 0.414 e. The average Bonchev–Trinajstić information content (AvgIpc) is 3.27. The predicted octanol–water partition coefficient (Wildman–Crippen LogP) is 2.21. The molecule has 3 saturated heterocycles. The minimum absolute atomic E-state index is 0.176. The molecule has 33 heavy (non-hydrogen) atoms. The highest BCUT2D eigenvalue weighted by atomic mass is 16.6. The van der Waals surface area contributed by atoms with E-state index in [2.05, 4.69) is 14.8 Å². The first kappa shape index (κ1) is 22.4. The first-order valence-corrected chi connectivity index (χ1v) is 12.2. The number of pyridine rings is 1. The minimum atomic E-state index is -0.367. The topological polar surface area (TPSA) is 95.4 Å². The zero-order valence-electron chi connectivity index (χ0n) is 19.4. The van der Waals surface area contributed by atoms with E-state index in [1.807, 2.05) is 6.07 Å². The molecule has 9 nitrogen and oxygen atoms in total. The van der Waals surface area contributed by atoms with Crippen LogP contribution in [0, 0.1) is 5.41 Å². The normalized spacial score (nSPS) is 31.2. The van der Waals surface area contributed by atoms with Gasteiger partial charge in [-0.2, -0.15) is 0 Å². The largest absolute Gasteiger partial charge is 0.493 e. The monoisotopic (exact) mass is 458 g/mol. The maximum Gasteiger partial charge on any atom is 0.414 e. The summed E-state index contributed by atoms with van der Waals surface area (Å²) in [4.78, 5) is 36.1. The van der Waals surface area contributed by atoms with E-state index in [4.69, 9.17) is 9.47 Å². The highest BCUT2D eigenvalue weighted by Gasteiger charge is 2.46. The lowest BCUT2D eigenvalue weighted by Gasteiger charge is -2.48. The van der Waals surface area contributed by atoms with Gasteiger partial charge in [-0.1, -0.05) is 0 Å². The van der Waals surface area contributed by atoms with Crippen LogP contribution in [0.15, 0.2) is 12.3 Å². The number of piperidine rings is 2. The maximum absolute atomic E-state index is 13.5. The molecule has 3 aliphatic heterocycles. The molecular formula is C24H34N4O5. The van der Waals surface area contributed by atoms with Crippen molar-refractivity contribution in [3.63, 3.8) is 0 Å². The second-order valence-electron chi connectivity index (χ2n) is 9.90. The Morgan fingerprint density at radius 3 is 2.67 bits per heavy atom. The van der Waals surface area contributed by atoms with Crippen LogP contribution < -0.4 is 14.5 Å². The van der Waals surface area contributed by atoms with Crippen LogP contribution in [0.2, 0.25) is 0 Å². The molecule has 0 unspecified atom stereocenters. The highest BCUT2D eigenvalue weighted by Crippen LogP contribution is 2.42. The van der Waals surface area contributed by atoms with Crippen LogP contribution in [0.3, 0.4) is 0 Å². The third-order valence-corrected chi connectivity index (χ3v) is 7.99. The summed E-state index contributed by atoms with van der Waals surface area (Å²) >= 11 is 0. The minimum Gasteiger partial charge on any atom is -0.493 e. The Kier molecular flexibility index (Phi) is 6.18. The Balaban J connectivity index is 1.30. The number of carbonyl (C=O) groups excluding carboxylic acids is 2. The fourth-order valence-electron chi connectivity index (χ4n) is 6.00. The van der Waals surface area contributed by atoms with Gasteiger partial charge in [-0.25, -0.2) is 9.78 Å². The van der Waals surface area contributed by atoms with E-state index in [1.165, 1.54) is 0 Å². The molecule has 1 spiro atoms. The summed E-state index contributed by atoms with van der Waals surface area (Å²) in [5.74, 6) is 1.67. The Labute approximate surface area is 194 Å². The second-order valence-corrected chi connectivity index (χ2v) is 9.90. The van der Waals surface area contributed by atoms with Gasteiger partial charge in [-0.3, -0.25) is 14.6 Å². The Bertz CT molecular complexity index is 903. The summed E-state index contributed by atoms with van der Waals surface area (Å²) in [6.45, 7) is 3.79. The van der Waals surface area contributed by atoms with Crippen molar-refractivity contribution in [1.82, 2.24) is 9.88 Å². The molecule has 9 heteroatoms. The number of likely N-dealkylation sites (tertiary alicyclic amines) is 1. The summed E-state index contributed by atoms with van der Waals surface area (Å²) in [6, 6.07) is 2.25. The number of ketones is 1. The first-order chi connectivity index (χ1) is 16.0. The zero-order valence-corrected chi connectivity index (χ0v) is 19.4. The van der Waals surface area contributed by atoms with Gasteiger partial charge in [0.15, 0.2) is 17.4 Å². The van der Waals surface area contributed by atoms with Crippen LogP contribution in [-0.4, -0.2) is 85.5 Å². The second kappa shape index (κ2) is 9.10. The number of methoxy groups -OCH3 is 1. The van der Waals surface area contributed by atoms with E-state index in [-0.39, 0.29) is 17.6 Å². The standard InChI is InChI=1S/C24H34N4O5/c1-32-20-13-18(28-11-12-33-23(28)31)14-25-22(20)27-9-2-7-24(16-27)8-10-26(15-21(24)30)17-3-5-19(29)6-4-17/h13-14,17,19,29H,2-12,15-16H2,1H3/t17?,19?,24-/m1/s1. The fourth-order valence-corrected chi connectivity index (χ4v) is 6.00. The Morgan fingerprint density at radius 2 is 1.97 bits per heavy atom. The van der Waals surface area contributed by atoms with E-state index >= 15 is 0 Å². The van der Waals surface area contributed by atoms with E-state index in [9.17, 15) is 14.7 Å². The lowest BCUT2D eigenvalue weighted by Crippen LogP contribution is -2.57. The van der Waals surface area contributed by atoms with Gasteiger partial charge < -0.3 is 19.5 Å². The SMILES string of the molecule is COc1cc(N2CCOC2=O)cnc1N1CCC[C@@]2(CCN(C3CCC(O)CC3)CC2=O)C1. The maximum atomic E-state index is 13.5. The van der Waals surface area contributed by atoms with Gasteiger partial charge in [0.2, 0.25) is 0 Å². The number of aliphatic hydroxyl groups is 1. The molecule has 1 aromatic heterocycles. The number of carbonyl (C=O) groups is 2. The number of hydrogen-bond acceptors (Lipinski definition) is 8. The molecule has 4 fully saturated rings. The van der Waals surface area contributed by atoms with Crippen molar-refractivity contribution in [3.05, 3.63) is 12.3 Å². The van der Waals surface area contributed by atoms with Gasteiger partial charge in [-0.15, -0.1) is 0 Å². The van der Waals surface area contributed by atoms with Gasteiger partial charge in [0.25, 0.3) is 0 Å². The van der Waals surface area contributed by atoms with Crippen molar-refractivity contribution in [2.45, 2.75) is 57.1 Å². The van der Waals surface area contributed by atoms with Gasteiger partial charge in [0.1, 0.15) is 6.61 Å². The van der Waals surface area contributed by atoms with Gasteiger partial charge in [0, 0.05) is 30.6 Å². The van der Waals surface area contributed by atoms with Crippen molar-refractivity contribution in [3.8, 4) is 5.75 Å². The number of aliphatic hydroxyl groups excluding tert-OH is 1. The van der Waals surface area contributed by atoms with Gasteiger partial charge >= 0.3 is 6.09 Å². The number of hydrogen-bond donors (Lipinski definition) is 1. The molecule has 1 N–H and O–H groups in total. The quantitative estimate of drug-likeness (QED) is 0.734. The number of nitrogens with zero attached hydrogens (tertiary/aromatic N) is 4. The van der Waals surface area contributed by atoms with Crippen LogP contribution in [0.4, 0.5) is 16.3 Å². The highest BCUT2D eigenvalue weighted by molar-refractivity contribution is 5.90. The van der Waals surface area contributed by atoms with Crippen molar-refractivity contribution in [2.24, 2.45) is 5.41 Å². The van der Waals surface area contributed by atoms with E-state index < -0.39 is 0 Å². The van der Waals surface area contributed by atoms with Crippen molar-refractivity contribution in [1.29, 1.82) is 0 Å². The molecule has 1 amide bonds. The van der Waals surface area contributed by atoms with Crippen molar-refractivity contribution >= 4 is 23.4 Å². The third kappa shape index (κ3) is 4.28. The Hall–Kier alpha value is -2.39. The molecule has 4 aliphatic rings. The number of Topliss-reactive ketones (excluding diaryl/α,β-unsaturated/α-hetero) is 1. The van der Waals surface area contributed by atoms with Crippen LogP contribution in [0.1, 0.15) is 44.9 Å². The molecule has 180 valence electrons. The summed E-state index contributed by atoms with van der Waals surface area (Å²) in [5, 5.41) is 9.82. The number of anilines is 2. The first-order valence-electron chi connectivity index (χ1n) is 12.2.